The lowest BCUT2D eigenvalue weighted by molar-refractivity contribution is -0.120. The number of hydrogen-bond donors (Lipinski definition) is 3. The highest BCUT2D eigenvalue weighted by Gasteiger charge is 2.22. The first-order chi connectivity index (χ1) is 15.5. The summed E-state index contributed by atoms with van der Waals surface area (Å²) in [4.78, 5) is 41.0. The van der Waals surface area contributed by atoms with Gasteiger partial charge in [0.25, 0.3) is 0 Å². The Bertz CT molecular complexity index is 1150. The number of nitrogens with one attached hydrogen (secondary N) is 3. The van der Waals surface area contributed by atoms with E-state index >= 15 is 0 Å². The standard InChI is InChI=1S/C23H24N4O4S/c1-31-21(29)15-8-5-9-16(12-15)24-22(30)25-17-10-11-19-18(13-17)26-23(32-19)27-20(28)14-6-3-2-4-7-14/h5,8-14H,2-4,6-7H2,1H3,(H2,24,25,30)(H,26,27,28). The predicted molar refractivity (Wildman–Crippen MR) is 125 cm³/mol. The zero-order chi connectivity index (χ0) is 22.5. The van der Waals surface area contributed by atoms with Crippen LogP contribution in [0.3, 0.4) is 0 Å². The molecule has 0 atom stereocenters. The average molecular weight is 453 g/mol. The first-order valence-electron chi connectivity index (χ1n) is 10.5. The smallest absolute Gasteiger partial charge is 0.337 e. The molecule has 1 saturated carbocycles. The van der Waals surface area contributed by atoms with Gasteiger partial charge in [-0.1, -0.05) is 36.7 Å². The highest BCUT2D eigenvalue weighted by Crippen LogP contribution is 2.30. The van der Waals surface area contributed by atoms with Gasteiger partial charge in [0.05, 0.1) is 22.9 Å². The quantitative estimate of drug-likeness (QED) is 0.458. The maximum atomic E-state index is 12.5. The van der Waals surface area contributed by atoms with Gasteiger partial charge in [0.15, 0.2) is 5.13 Å². The van der Waals surface area contributed by atoms with E-state index in [2.05, 4.69) is 20.9 Å². The lowest BCUT2D eigenvalue weighted by Crippen LogP contribution is -2.24. The molecule has 8 nitrogen and oxygen atoms in total. The monoisotopic (exact) mass is 452 g/mol. The molecule has 3 amide bonds. The molecule has 3 aromatic rings. The van der Waals surface area contributed by atoms with Crippen LogP contribution in [0.2, 0.25) is 0 Å². The molecule has 3 N–H and O–H groups in total. The molecule has 0 radical (unpaired) electrons. The normalized spacial score (nSPS) is 14.0. The van der Waals surface area contributed by atoms with Crippen LogP contribution in [0, 0.1) is 5.92 Å². The Labute approximate surface area is 189 Å². The van der Waals surface area contributed by atoms with Crippen molar-refractivity contribution in [1.29, 1.82) is 0 Å². The fraction of sp³-hybridized carbons (Fsp3) is 0.304. The number of carbonyl (C=O) groups excluding carboxylic acids is 3. The van der Waals surface area contributed by atoms with Crippen molar-refractivity contribution in [1.82, 2.24) is 4.98 Å². The molecule has 9 heteroatoms. The summed E-state index contributed by atoms with van der Waals surface area (Å²) in [7, 11) is 1.30. The summed E-state index contributed by atoms with van der Waals surface area (Å²) in [5.74, 6) is -0.375. The number of ether oxygens (including phenoxy) is 1. The molecule has 0 bridgehead atoms. The number of benzene rings is 2. The van der Waals surface area contributed by atoms with Crippen molar-refractivity contribution in [3.05, 3.63) is 48.0 Å². The number of thiazole rings is 1. The zero-order valence-electron chi connectivity index (χ0n) is 17.6. The van der Waals surface area contributed by atoms with E-state index < -0.39 is 12.0 Å². The Hall–Kier alpha value is -3.46. The van der Waals surface area contributed by atoms with Gasteiger partial charge in [-0.05, 0) is 49.2 Å². The fourth-order valence-electron chi connectivity index (χ4n) is 3.77. The molecule has 166 valence electrons. The molecule has 1 heterocycles. The summed E-state index contributed by atoms with van der Waals surface area (Å²) in [6.07, 6.45) is 5.26. The van der Waals surface area contributed by atoms with Crippen LogP contribution in [0.1, 0.15) is 42.5 Å². The van der Waals surface area contributed by atoms with Crippen LogP contribution in [0.5, 0.6) is 0 Å². The lowest BCUT2D eigenvalue weighted by Gasteiger charge is -2.19. The summed E-state index contributed by atoms with van der Waals surface area (Å²) in [5.41, 5.74) is 2.07. The Balaban J connectivity index is 1.40. The summed E-state index contributed by atoms with van der Waals surface area (Å²) in [5, 5.41) is 8.96. The molecule has 32 heavy (non-hydrogen) atoms. The van der Waals surface area contributed by atoms with Crippen molar-refractivity contribution in [2.45, 2.75) is 32.1 Å². The third kappa shape index (κ3) is 5.23. The predicted octanol–water partition coefficient (Wildman–Crippen LogP) is 5.25. The fourth-order valence-corrected chi connectivity index (χ4v) is 4.62. The number of amides is 3. The molecule has 4 rings (SSSR count). The van der Waals surface area contributed by atoms with Crippen LogP contribution in [0.4, 0.5) is 21.3 Å². The Morgan fingerprint density at radius 3 is 2.47 bits per heavy atom. The van der Waals surface area contributed by atoms with E-state index in [0.29, 0.717) is 27.6 Å². The largest absolute Gasteiger partial charge is 0.465 e. The van der Waals surface area contributed by atoms with Crippen LogP contribution in [-0.2, 0) is 9.53 Å². The van der Waals surface area contributed by atoms with Crippen LogP contribution < -0.4 is 16.0 Å². The van der Waals surface area contributed by atoms with Gasteiger partial charge in [-0.3, -0.25) is 4.79 Å². The molecule has 0 saturated heterocycles. The highest BCUT2D eigenvalue weighted by atomic mass is 32.1. The van der Waals surface area contributed by atoms with E-state index in [1.165, 1.54) is 30.9 Å². The average Bonchev–Trinajstić information content (AvgIpc) is 3.20. The van der Waals surface area contributed by atoms with Crippen molar-refractivity contribution >= 4 is 56.0 Å². The number of nitrogens with zero attached hydrogens (tertiary/aromatic N) is 1. The molecule has 2 aromatic carbocycles. The lowest BCUT2D eigenvalue weighted by atomic mass is 9.89. The van der Waals surface area contributed by atoms with Gasteiger partial charge < -0.3 is 20.7 Å². The van der Waals surface area contributed by atoms with Crippen molar-refractivity contribution in [3.8, 4) is 0 Å². The number of fused-ring (bicyclic) bond motifs is 1. The van der Waals surface area contributed by atoms with Crippen molar-refractivity contribution in [2.24, 2.45) is 5.92 Å². The minimum absolute atomic E-state index is 0.0377. The third-order valence-corrected chi connectivity index (χ3v) is 6.34. The summed E-state index contributed by atoms with van der Waals surface area (Å²) < 4.78 is 5.61. The van der Waals surface area contributed by atoms with Crippen LogP contribution >= 0.6 is 11.3 Å². The van der Waals surface area contributed by atoms with E-state index in [4.69, 9.17) is 4.74 Å². The number of rotatable bonds is 5. The van der Waals surface area contributed by atoms with Crippen LogP contribution in [0.15, 0.2) is 42.5 Å². The van der Waals surface area contributed by atoms with Gasteiger partial charge in [-0.25, -0.2) is 14.6 Å². The van der Waals surface area contributed by atoms with Crippen molar-refractivity contribution < 1.29 is 19.1 Å². The maximum absolute atomic E-state index is 12.5. The first kappa shape index (κ1) is 21.8. The molecular formula is C23H24N4O4S. The highest BCUT2D eigenvalue weighted by molar-refractivity contribution is 7.22. The van der Waals surface area contributed by atoms with Crippen LogP contribution in [0.25, 0.3) is 10.2 Å². The van der Waals surface area contributed by atoms with Crippen molar-refractivity contribution in [2.75, 3.05) is 23.1 Å². The van der Waals surface area contributed by atoms with E-state index in [1.807, 2.05) is 6.07 Å². The molecule has 1 aromatic heterocycles. The second kappa shape index (κ2) is 9.78. The first-order valence-corrected chi connectivity index (χ1v) is 11.3. The van der Waals surface area contributed by atoms with E-state index in [0.717, 1.165) is 30.4 Å². The summed E-state index contributed by atoms with van der Waals surface area (Å²) in [6, 6.07) is 11.4. The van der Waals surface area contributed by atoms with Gasteiger partial charge in [0.1, 0.15) is 0 Å². The van der Waals surface area contributed by atoms with E-state index in [9.17, 15) is 14.4 Å². The Kier molecular flexibility index (Phi) is 6.65. The number of aromatic nitrogens is 1. The zero-order valence-corrected chi connectivity index (χ0v) is 18.5. The van der Waals surface area contributed by atoms with Gasteiger partial charge in [-0.2, -0.15) is 0 Å². The molecule has 0 aliphatic heterocycles. The molecule has 1 aliphatic rings. The number of carbonyl (C=O) groups is 3. The number of urea groups is 1. The number of methoxy groups -OCH3 is 1. The molecule has 1 fully saturated rings. The van der Waals surface area contributed by atoms with Crippen molar-refractivity contribution in [3.63, 3.8) is 0 Å². The topological polar surface area (TPSA) is 109 Å². The second-order valence-corrected chi connectivity index (χ2v) is 8.71. The Morgan fingerprint density at radius 2 is 1.72 bits per heavy atom. The second-order valence-electron chi connectivity index (χ2n) is 7.68. The summed E-state index contributed by atoms with van der Waals surface area (Å²) in [6.45, 7) is 0. The summed E-state index contributed by atoms with van der Waals surface area (Å²) >= 11 is 1.41. The molecule has 0 unspecified atom stereocenters. The van der Waals surface area contributed by atoms with E-state index in [1.54, 1.807) is 30.3 Å². The minimum Gasteiger partial charge on any atom is -0.465 e. The molecular weight excluding hydrogens is 428 g/mol. The number of anilines is 3. The SMILES string of the molecule is COC(=O)c1cccc(NC(=O)Nc2ccc3sc(NC(=O)C4CCCCC4)nc3c2)c1. The minimum atomic E-state index is -0.477. The number of hydrogen-bond acceptors (Lipinski definition) is 6. The maximum Gasteiger partial charge on any atom is 0.337 e. The third-order valence-electron chi connectivity index (χ3n) is 5.39. The molecule has 0 spiro atoms. The Morgan fingerprint density at radius 1 is 0.969 bits per heavy atom. The molecule has 1 aliphatic carbocycles. The number of esters is 1. The van der Waals surface area contributed by atoms with Crippen LogP contribution in [-0.4, -0.2) is 30.0 Å². The van der Waals surface area contributed by atoms with Gasteiger partial charge >= 0.3 is 12.0 Å². The van der Waals surface area contributed by atoms with Gasteiger partial charge in [0.2, 0.25) is 5.91 Å². The van der Waals surface area contributed by atoms with Gasteiger partial charge in [-0.15, -0.1) is 0 Å². The van der Waals surface area contributed by atoms with Gasteiger partial charge in [0, 0.05) is 17.3 Å². The van der Waals surface area contributed by atoms with E-state index in [-0.39, 0.29) is 11.8 Å².